The minimum Gasteiger partial charge on any atom is -0.461 e. The Bertz CT molecular complexity index is 862. The van der Waals surface area contributed by atoms with E-state index in [1.165, 1.54) is 0 Å². The van der Waals surface area contributed by atoms with Gasteiger partial charge in [0.05, 0.1) is 18.6 Å². The Balaban J connectivity index is 1.54. The first-order valence-electron chi connectivity index (χ1n) is 10.6. The van der Waals surface area contributed by atoms with Crippen LogP contribution >= 0.6 is 0 Å². The predicted molar refractivity (Wildman–Crippen MR) is 120 cm³/mol. The lowest BCUT2D eigenvalue weighted by molar-refractivity contribution is -0.150. The standard InChI is InChI=1S/C27H30O3/c1-22(29-20-24-13-7-3-8-14-24)17-18-26(19-23-11-5-2-6-12-23)27(28)30-21-25-15-9-4-10-16-25/h2-16,22,26H,17-21H2,1H3. The molecule has 0 saturated carbocycles. The lowest BCUT2D eigenvalue weighted by Gasteiger charge is -2.19. The molecule has 3 aromatic rings. The van der Waals surface area contributed by atoms with E-state index in [9.17, 15) is 4.79 Å². The summed E-state index contributed by atoms with van der Waals surface area (Å²) in [5, 5.41) is 0. The van der Waals surface area contributed by atoms with E-state index in [0.717, 1.165) is 29.5 Å². The van der Waals surface area contributed by atoms with Crippen molar-refractivity contribution in [3.05, 3.63) is 108 Å². The molecule has 0 spiro atoms. The van der Waals surface area contributed by atoms with E-state index in [-0.39, 0.29) is 18.0 Å². The molecule has 0 amide bonds. The maximum atomic E-state index is 12.8. The highest BCUT2D eigenvalue weighted by Gasteiger charge is 2.22. The highest BCUT2D eigenvalue weighted by atomic mass is 16.5. The molecular formula is C27H30O3. The number of hydrogen-bond acceptors (Lipinski definition) is 3. The van der Waals surface area contributed by atoms with Crippen molar-refractivity contribution in [1.29, 1.82) is 0 Å². The normalized spacial score (nSPS) is 12.8. The topological polar surface area (TPSA) is 35.5 Å². The van der Waals surface area contributed by atoms with Gasteiger partial charge in [-0.25, -0.2) is 0 Å². The van der Waals surface area contributed by atoms with Gasteiger partial charge in [0.15, 0.2) is 0 Å². The molecule has 3 rings (SSSR count). The summed E-state index contributed by atoms with van der Waals surface area (Å²) in [5.74, 6) is -0.322. The molecule has 3 heteroatoms. The Morgan fingerprint density at radius 2 is 1.20 bits per heavy atom. The molecule has 3 aromatic carbocycles. The number of benzene rings is 3. The molecule has 0 heterocycles. The third-order valence-electron chi connectivity index (χ3n) is 5.18. The number of hydrogen-bond donors (Lipinski definition) is 0. The zero-order chi connectivity index (χ0) is 21.0. The summed E-state index contributed by atoms with van der Waals surface area (Å²) in [6.45, 7) is 2.96. The van der Waals surface area contributed by atoms with E-state index in [1.807, 2.05) is 66.7 Å². The van der Waals surface area contributed by atoms with E-state index in [0.29, 0.717) is 19.6 Å². The number of carbonyl (C=O) groups is 1. The van der Waals surface area contributed by atoms with Gasteiger partial charge in [0.2, 0.25) is 0 Å². The molecule has 0 fully saturated rings. The van der Waals surface area contributed by atoms with Gasteiger partial charge >= 0.3 is 5.97 Å². The summed E-state index contributed by atoms with van der Waals surface area (Å²) >= 11 is 0. The molecule has 0 aliphatic heterocycles. The quantitative estimate of drug-likeness (QED) is 0.370. The van der Waals surface area contributed by atoms with Gasteiger partial charge in [-0.05, 0) is 42.9 Å². The molecule has 0 N–H and O–H groups in total. The minimum atomic E-state index is -0.182. The van der Waals surface area contributed by atoms with Crippen LogP contribution in [0.5, 0.6) is 0 Å². The zero-order valence-electron chi connectivity index (χ0n) is 17.6. The van der Waals surface area contributed by atoms with Crippen LogP contribution in [-0.4, -0.2) is 12.1 Å². The van der Waals surface area contributed by atoms with Gasteiger partial charge in [0.1, 0.15) is 6.61 Å². The van der Waals surface area contributed by atoms with Crippen molar-refractivity contribution in [2.24, 2.45) is 5.92 Å². The van der Waals surface area contributed by atoms with E-state index >= 15 is 0 Å². The zero-order valence-corrected chi connectivity index (χ0v) is 17.6. The second kappa shape index (κ2) is 11.9. The van der Waals surface area contributed by atoms with Crippen LogP contribution in [0, 0.1) is 5.92 Å². The molecule has 0 aromatic heterocycles. The summed E-state index contributed by atoms with van der Waals surface area (Å²) in [4.78, 5) is 12.8. The van der Waals surface area contributed by atoms with Gasteiger partial charge in [0.25, 0.3) is 0 Å². The Kier molecular flexibility index (Phi) is 8.67. The molecule has 3 nitrogen and oxygen atoms in total. The van der Waals surface area contributed by atoms with Gasteiger partial charge in [-0.15, -0.1) is 0 Å². The van der Waals surface area contributed by atoms with Crippen molar-refractivity contribution in [1.82, 2.24) is 0 Å². The average Bonchev–Trinajstić information content (AvgIpc) is 2.81. The number of carbonyl (C=O) groups excluding carboxylic acids is 1. The van der Waals surface area contributed by atoms with Crippen LogP contribution in [0.1, 0.15) is 36.5 Å². The smallest absolute Gasteiger partial charge is 0.309 e. The number of rotatable bonds is 11. The molecule has 0 bridgehead atoms. The first-order chi connectivity index (χ1) is 14.7. The van der Waals surface area contributed by atoms with Gasteiger partial charge in [0, 0.05) is 0 Å². The molecule has 0 aliphatic rings. The largest absolute Gasteiger partial charge is 0.461 e. The Morgan fingerprint density at radius 1 is 0.700 bits per heavy atom. The Morgan fingerprint density at radius 3 is 1.77 bits per heavy atom. The van der Waals surface area contributed by atoms with Crippen LogP contribution in [-0.2, 0) is 33.9 Å². The second-order valence-electron chi connectivity index (χ2n) is 7.66. The van der Waals surface area contributed by atoms with Crippen molar-refractivity contribution in [3.8, 4) is 0 Å². The predicted octanol–water partition coefficient (Wildman–Crippen LogP) is 5.97. The van der Waals surface area contributed by atoms with Gasteiger partial charge in [-0.2, -0.15) is 0 Å². The lowest BCUT2D eigenvalue weighted by atomic mass is 9.93. The molecule has 0 saturated heterocycles. The first kappa shape index (κ1) is 21.8. The average molecular weight is 403 g/mol. The molecule has 2 atom stereocenters. The fourth-order valence-electron chi connectivity index (χ4n) is 3.38. The van der Waals surface area contributed by atoms with Crippen molar-refractivity contribution in [2.45, 2.75) is 45.5 Å². The maximum Gasteiger partial charge on any atom is 0.309 e. The van der Waals surface area contributed by atoms with E-state index in [2.05, 4.69) is 31.2 Å². The molecule has 30 heavy (non-hydrogen) atoms. The van der Waals surface area contributed by atoms with Gasteiger partial charge < -0.3 is 9.47 Å². The lowest BCUT2D eigenvalue weighted by Crippen LogP contribution is -2.22. The molecular weight excluding hydrogens is 372 g/mol. The third-order valence-corrected chi connectivity index (χ3v) is 5.18. The van der Waals surface area contributed by atoms with Crippen LogP contribution in [0.3, 0.4) is 0 Å². The molecule has 0 aliphatic carbocycles. The van der Waals surface area contributed by atoms with Crippen LogP contribution < -0.4 is 0 Å². The monoisotopic (exact) mass is 402 g/mol. The SMILES string of the molecule is CC(CCC(Cc1ccccc1)C(=O)OCc1ccccc1)OCc1ccccc1. The van der Waals surface area contributed by atoms with Crippen molar-refractivity contribution >= 4 is 5.97 Å². The van der Waals surface area contributed by atoms with Crippen LogP contribution in [0.25, 0.3) is 0 Å². The summed E-state index contributed by atoms with van der Waals surface area (Å²) in [6, 6.07) is 30.1. The second-order valence-corrected chi connectivity index (χ2v) is 7.66. The minimum absolute atomic E-state index is 0.0744. The Labute approximate surface area is 179 Å². The highest BCUT2D eigenvalue weighted by Crippen LogP contribution is 2.19. The van der Waals surface area contributed by atoms with Gasteiger partial charge in [-0.1, -0.05) is 91.0 Å². The summed E-state index contributed by atoms with van der Waals surface area (Å²) in [6.07, 6.45) is 2.30. The first-order valence-corrected chi connectivity index (χ1v) is 10.6. The highest BCUT2D eigenvalue weighted by molar-refractivity contribution is 5.72. The summed E-state index contributed by atoms with van der Waals surface area (Å²) in [7, 11) is 0. The fraction of sp³-hybridized carbons (Fsp3) is 0.296. The Hall–Kier alpha value is -2.91. The van der Waals surface area contributed by atoms with Crippen molar-refractivity contribution in [3.63, 3.8) is 0 Å². The maximum absolute atomic E-state index is 12.8. The molecule has 0 radical (unpaired) electrons. The third kappa shape index (κ3) is 7.49. The van der Waals surface area contributed by atoms with Gasteiger partial charge in [-0.3, -0.25) is 4.79 Å². The number of esters is 1. The summed E-state index contributed by atoms with van der Waals surface area (Å²) in [5.41, 5.74) is 3.31. The van der Waals surface area contributed by atoms with Crippen molar-refractivity contribution in [2.75, 3.05) is 0 Å². The van der Waals surface area contributed by atoms with Crippen LogP contribution in [0.4, 0.5) is 0 Å². The summed E-state index contributed by atoms with van der Waals surface area (Å²) < 4.78 is 11.6. The van der Waals surface area contributed by atoms with E-state index < -0.39 is 0 Å². The molecule has 156 valence electrons. The van der Waals surface area contributed by atoms with Crippen LogP contribution in [0.15, 0.2) is 91.0 Å². The fourth-order valence-corrected chi connectivity index (χ4v) is 3.38. The van der Waals surface area contributed by atoms with Crippen LogP contribution in [0.2, 0.25) is 0 Å². The van der Waals surface area contributed by atoms with E-state index in [4.69, 9.17) is 9.47 Å². The number of ether oxygens (including phenoxy) is 2. The molecule has 2 unspecified atom stereocenters. The van der Waals surface area contributed by atoms with Crippen molar-refractivity contribution < 1.29 is 14.3 Å². The van der Waals surface area contributed by atoms with E-state index in [1.54, 1.807) is 0 Å².